The van der Waals surface area contributed by atoms with Crippen LogP contribution in [0.2, 0.25) is 5.02 Å². The van der Waals surface area contributed by atoms with Gasteiger partial charge < -0.3 is 35.5 Å². The third kappa shape index (κ3) is 5.98. The largest absolute Gasteiger partial charge is 0.506 e. The van der Waals surface area contributed by atoms with E-state index in [0.717, 1.165) is 43.9 Å². The first-order valence-electron chi connectivity index (χ1n) is 15.4. The molecule has 1 aliphatic carbocycles. The molecule has 1 atom stereocenters. The number of hydrogen-bond donors (Lipinski definition) is 4. The molecule has 15 heteroatoms. The smallest absolute Gasteiger partial charge is 0.267 e. The molecular weight excluding hydrogens is 686 g/mol. The number of carbonyl (C=O) groups excluding carboxylic acids is 1. The molecule has 7 rings (SSSR count). The van der Waals surface area contributed by atoms with Crippen LogP contribution >= 0.6 is 34.7 Å². The average Bonchev–Trinajstić information content (AvgIpc) is 3.66. The molecule has 49 heavy (non-hydrogen) atoms. The highest BCUT2D eigenvalue weighted by atomic mass is 35.5. The van der Waals surface area contributed by atoms with Crippen LogP contribution in [0.25, 0.3) is 11.1 Å². The number of aromatic nitrogens is 4. The van der Waals surface area contributed by atoms with Crippen LogP contribution in [0, 0.1) is 5.41 Å². The van der Waals surface area contributed by atoms with Gasteiger partial charge in [-0.2, -0.15) is 0 Å². The molecule has 4 heterocycles. The molecule has 1 fully saturated rings. The minimum Gasteiger partial charge on any atom is -0.506 e. The molecule has 0 radical (unpaired) electrons. The summed E-state index contributed by atoms with van der Waals surface area (Å²) in [5.41, 5.74) is 9.46. The second-order valence-electron chi connectivity index (χ2n) is 12.1. The second kappa shape index (κ2) is 13.0. The third-order valence-corrected chi connectivity index (χ3v) is 11.8. The van der Waals surface area contributed by atoms with Crippen molar-refractivity contribution < 1.29 is 19.7 Å². The van der Waals surface area contributed by atoms with Crippen molar-refractivity contribution in [1.29, 1.82) is 0 Å². The van der Waals surface area contributed by atoms with Crippen molar-refractivity contribution >= 4 is 52.1 Å². The quantitative estimate of drug-likeness (QED) is 0.165. The molecule has 2 aliphatic rings. The lowest BCUT2D eigenvalue weighted by atomic mass is 9.74. The number of piperidine rings is 1. The molecule has 1 saturated heterocycles. The molecule has 3 aromatic heterocycles. The zero-order chi connectivity index (χ0) is 34.4. The predicted octanol–water partition coefficient (Wildman–Crippen LogP) is 5.62. The van der Waals surface area contributed by atoms with E-state index in [1.807, 2.05) is 5.51 Å². The molecule has 1 aliphatic heterocycles. The molecule has 0 saturated carbocycles. The molecule has 0 unspecified atom stereocenters. The van der Waals surface area contributed by atoms with Gasteiger partial charge in [0, 0.05) is 47.7 Å². The number of nitrogens with zero attached hydrogens (tertiary/aromatic N) is 5. The van der Waals surface area contributed by atoms with Crippen LogP contribution in [0.1, 0.15) is 39.8 Å². The minimum atomic E-state index is -0.840. The Balaban J connectivity index is 1.05. The number of hydrogen-bond acceptors (Lipinski definition) is 12. The first-order chi connectivity index (χ1) is 23.6. The fourth-order valence-corrected chi connectivity index (χ4v) is 8.57. The number of carbonyl (C=O) groups is 1. The van der Waals surface area contributed by atoms with Crippen LogP contribution in [0.4, 0.5) is 11.5 Å². The van der Waals surface area contributed by atoms with Gasteiger partial charge in [0.2, 0.25) is 0 Å². The van der Waals surface area contributed by atoms with E-state index in [9.17, 15) is 19.8 Å². The van der Waals surface area contributed by atoms with E-state index in [1.54, 1.807) is 41.9 Å². The zero-order valence-corrected chi connectivity index (χ0v) is 28.9. The highest BCUT2D eigenvalue weighted by Crippen LogP contribution is 2.52. The summed E-state index contributed by atoms with van der Waals surface area (Å²) in [4.78, 5) is 44.4. The first-order valence-corrected chi connectivity index (χ1v) is 17.5. The summed E-state index contributed by atoms with van der Waals surface area (Å²) in [6, 6.07) is 9.57. The average molecular weight is 718 g/mol. The summed E-state index contributed by atoms with van der Waals surface area (Å²) in [7, 11) is 2.87. The van der Waals surface area contributed by atoms with E-state index in [2.05, 4.69) is 25.2 Å². The Bertz CT molecular complexity index is 2130. The SMILES string of the molecule is COc1cc(-c2cn(C)c(=O)c(C(=O)Nc3cccc(Sc4cnc(N5CCC6(CC5)Cc5ncsc5[C@H]6N)cn4)c3Cl)c2O)ccc1O. The highest BCUT2D eigenvalue weighted by Gasteiger charge is 2.47. The topological polar surface area (TPSA) is 169 Å². The number of aromatic hydroxyl groups is 2. The number of halogens is 1. The Kier molecular flexibility index (Phi) is 8.73. The lowest BCUT2D eigenvalue weighted by Crippen LogP contribution is -2.44. The number of phenols is 1. The fourth-order valence-electron chi connectivity index (χ4n) is 6.55. The number of nitrogens with two attached hydrogens (primary N) is 1. The predicted molar refractivity (Wildman–Crippen MR) is 189 cm³/mol. The van der Waals surface area contributed by atoms with Crippen LogP contribution in [0.15, 0.2) is 75.2 Å². The lowest BCUT2D eigenvalue weighted by Gasteiger charge is -2.42. The van der Waals surface area contributed by atoms with Crippen molar-refractivity contribution in [2.24, 2.45) is 18.2 Å². The number of rotatable bonds is 7. The van der Waals surface area contributed by atoms with Gasteiger partial charge in [0.25, 0.3) is 11.5 Å². The Morgan fingerprint density at radius 2 is 1.96 bits per heavy atom. The van der Waals surface area contributed by atoms with Gasteiger partial charge in [-0.05, 0) is 54.5 Å². The van der Waals surface area contributed by atoms with Crippen LogP contribution < -0.4 is 26.2 Å². The summed E-state index contributed by atoms with van der Waals surface area (Å²) < 4.78 is 6.37. The number of anilines is 2. The molecule has 1 amide bonds. The van der Waals surface area contributed by atoms with E-state index in [-0.39, 0.29) is 39.2 Å². The summed E-state index contributed by atoms with van der Waals surface area (Å²) >= 11 is 9.68. The maximum Gasteiger partial charge on any atom is 0.267 e. The molecule has 1 spiro atoms. The van der Waals surface area contributed by atoms with Crippen molar-refractivity contribution in [3.05, 3.63) is 92.0 Å². The Hall–Kier alpha value is -4.63. The van der Waals surface area contributed by atoms with E-state index in [0.29, 0.717) is 15.5 Å². The maximum absolute atomic E-state index is 13.5. The lowest BCUT2D eigenvalue weighted by molar-refractivity contribution is 0.102. The van der Waals surface area contributed by atoms with Crippen LogP contribution in [0.3, 0.4) is 0 Å². The van der Waals surface area contributed by atoms with Crippen LogP contribution in [-0.4, -0.2) is 55.8 Å². The van der Waals surface area contributed by atoms with E-state index >= 15 is 0 Å². The number of fused-ring (bicyclic) bond motifs is 1. The Labute approximate surface area is 294 Å². The Morgan fingerprint density at radius 1 is 1.16 bits per heavy atom. The molecular formula is C34H32ClN7O5S2. The van der Waals surface area contributed by atoms with Gasteiger partial charge in [-0.15, -0.1) is 11.3 Å². The summed E-state index contributed by atoms with van der Waals surface area (Å²) in [5, 5.41) is 24.6. The number of methoxy groups -OCH3 is 1. The standard InChI is InChI=1S/C34H32ClN7O5S2/c1-41-16-19(18-6-7-22(43)23(12-18)47-2)29(44)27(33(41)46)32(45)40-20-4-3-5-24(28(20)35)49-26-15-37-25(14-38-26)42-10-8-34(9-11-42)13-21-30(31(34)36)48-17-39-21/h3-7,12,14-17,31,43-44H,8-11,13,36H2,1-2H3,(H,40,45)/t31-/m1/s1. The summed E-state index contributed by atoms with van der Waals surface area (Å²) in [5.74, 6) is -0.494. The number of phenolic OH excluding ortho intramolecular Hbond substituents is 1. The molecule has 0 bridgehead atoms. The molecule has 12 nitrogen and oxygen atoms in total. The number of pyridine rings is 1. The number of nitrogens with one attached hydrogen (secondary N) is 1. The highest BCUT2D eigenvalue weighted by molar-refractivity contribution is 7.99. The van der Waals surface area contributed by atoms with Gasteiger partial charge >= 0.3 is 0 Å². The van der Waals surface area contributed by atoms with E-state index in [1.165, 1.54) is 59.8 Å². The van der Waals surface area contributed by atoms with Crippen LogP contribution in [-0.2, 0) is 13.5 Å². The maximum atomic E-state index is 13.5. The van der Waals surface area contributed by atoms with Gasteiger partial charge in [-0.3, -0.25) is 9.59 Å². The monoisotopic (exact) mass is 717 g/mol. The molecule has 5 N–H and O–H groups in total. The molecule has 5 aromatic rings. The van der Waals surface area contributed by atoms with Crippen molar-refractivity contribution in [2.75, 3.05) is 30.4 Å². The number of benzene rings is 2. The van der Waals surface area contributed by atoms with Crippen molar-refractivity contribution in [2.45, 2.75) is 35.2 Å². The number of aryl methyl sites for hydroxylation is 1. The molecule has 2 aromatic carbocycles. The van der Waals surface area contributed by atoms with Gasteiger partial charge in [-0.1, -0.05) is 35.5 Å². The normalized spacial score (nSPS) is 16.5. The summed E-state index contributed by atoms with van der Waals surface area (Å²) in [6.45, 7) is 1.67. The minimum absolute atomic E-state index is 0.0312. The number of ether oxygens (including phenoxy) is 1. The van der Waals surface area contributed by atoms with Gasteiger partial charge in [-0.25, -0.2) is 15.0 Å². The van der Waals surface area contributed by atoms with Gasteiger partial charge in [0.15, 0.2) is 11.5 Å². The number of amides is 1. The first kappa shape index (κ1) is 32.9. The molecule has 252 valence electrons. The Morgan fingerprint density at radius 3 is 2.67 bits per heavy atom. The third-order valence-electron chi connectivity index (χ3n) is 9.32. The van der Waals surface area contributed by atoms with Crippen molar-refractivity contribution in [3.8, 4) is 28.4 Å². The van der Waals surface area contributed by atoms with Crippen LogP contribution in [0.5, 0.6) is 17.2 Å². The number of thiazole rings is 1. The fraction of sp³-hybridized carbons (Fsp3) is 0.265. The van der Waals surface area contributed by atoms with E-state index in [4.69, 9.17) is 22.1 Å². The van der Waals surface area contributed by atoms with Crippen molar-refractivity contribution in [1.82, 2.24) is 19.5 Å². The van der Waals surface area contributed by atoms with Crippen molar-refractivity contribution in [3.63, 3.8) is 0 Å². The zero-order valence-electron chi connectivity index (χ0n) is 26.5. The summed E-state index contributed by atoms with van der Waals surface area (Å²) in [6.07, 6.45) is 7.71. The van der Waals surface area contributed by atoms with Gasteiger partial charge in [0.05, 0.1) is 41.4 Å². The van der Waals surface area contributed by atoms with E-state index < -0.39 is 22.8 Å². The second-order valence-corrected chi connectivity index (χ2v) is 14.4. The van der Waals surface area contributed by atoms with Gasteiger partial charge in [0.1, 0.15) is 22.2 Å².